The number of carboxylic acids is 1. The number of aliphatic carboxylic acids is 1. The minimum Gasteiger partial charge on any atom is -0.481 e. The molecule has 0 saturated carbocycles. The molecule has 20 heavy (non-hydrogen) atoms. The van der Waals surface area contributed by atoms with Crippen LogP contribution in [0.4, 0.5) is 5.69 Å². The number of amides is 2. The van der Waals surface area contributed by atoms with Crippen molar-refractivity contribution in [3.8, 4) is 0 Å². The van der Waals surface area contributed by atoms with Crippen molar-refractivity contribution in [2.45, 2.75) is 11.7 Å². The van der Waals surface area contributed by atoms with E-state index >= 15 is 0 Å². The van der Waals surface area contributed by atoms with Gasteiger partial charge in [0.05, 0.1) is 26.7 Å². The van der Waals surface area contributed by atoms with E-state index in [1.807, 2.05) is 0 Å². The predicted octanol–water partition coefficient (Wildman–Crippen LogP) is 2.44. The summed E-state index contributed by atoms with van der Waals surface area (Å²) in [6, 6.07) is 4.66. The van der Waals surface area contributed by atoms with Crippen molar-refractivity contribution in [1.29, 1.82) is 0 Å². The SMILES string of the molecule is O=C(O)CS[C@H]1CC(=O)N(c2cccc(Cl)c2Cl)C1=O. The molecule has 1 saturated heterocycles. The topological polar surface area (TPSA) is 74.7 Å². The summed E-state index contributed by atoms with van der Waals surface area (Å²) < 4.78 is 0. The number of benzene rings is 1. The zero-order valence-corrected chi connectivity index (χ0v) is 12.3. The molecule has 5 nitrogen and oxygen atoms in total. The summed E-state index contributed by atoms with van der Waals surface area (Å²) in [6.45, 7) is 0. The summed E-state index contributed by atoms with van der Waals surface area (Å²) >= 11 is 12.8. The quantitative estimate of drug-likeness (QED) is 0.856. The van der Waals surface area contributed by atoms with Gasteiger partial charge in [0.1, 0.15) is 0 Å². The van der Waals surface area contributed by atoms with Crippen LogP contribution in [0.25, 0.3) is 0 Å². The second kappa shape index (κ2) is 6.03. The Morgan fingerprint density at radius 3 is 2.75 bits per heavy atom. The number of imide groups is 1. The maximum Gasteiger partial charge on any atom is 0.313 e. The smallest absolute Gasteiger partial charge is 0.313 e. The van der Waals surface area contributed by atoms with E-state index < -0.39 is 23.0 Å². The number of carbonyl (C=O) groups is 3. The van der Waals surface area contributed by atoms with E-state index in [9.17, 15) is 14.4 Å². The van der Waals surface area contributed by atoms with Crippen LogP contribution in [0.1, 0.15) is 6.42 Å². The van der Waals surface area contributed by atoms with Gasteiger partial charge in [0.15, 0.2) is 0 Å². The second-order valence-electron chi connectivity index (χ2n) is 4.04. The molecule has 1 atom stereocenters. The molecular weight excluding hydrogens is 325 g/mol. The van der Waals surface area contributed by atoms with Crippen molar-refractivity contribution < 1.29 is 19.5 Å². The minimum atomic E-state index is -1.03. The first kappa shape index (κ1) is 15.2. The molecule has 8 heteroatoms. The van der Waals surface area contributed by atoms with Crippen LogP contribution in [0, 0.1) is 0 Å². The molecule has 0 aromatic heterocycles. The second-order valence-corrected chi connectivity index (χ2v) is 6.01. The molecule has 0 unspecified atom stereocenters. The fourth-order valence-electron chi connectivity index (χ4n) is 1.82. The molecule has 106 valence electrons. The average Bonchev–Trinajstić information content (AvgIpc) is 2.66. The lowest BCUT2D eigenvalue weighted by Crippen LogP contribution is -2.31. The van der Waals surface area contributed by atoms with Gasteiger partial charge < -0.3 is 5.11 Å². The monoisotopic (exact) mass is 333 g/mol. The Morgan fingerprint density at radius 2 is 2.10 bits per heavy atom. The van der Waals surface area contributed by atoms with Crippen LogP contribution in [0.15, 0.2) is 18.2 Å². The molecule has 1 heterocycles. The highest BCUT2D eigenvalue weighted by Crippen LogP contribution is 2.37. The third kappa shape index (κ3) is 2.92. The lowest BCUT2D eigenvalue weighted by Gasteiger charge is -2.16. The Hall–Kier alpha value is -1.24. The molecule has 1 aromatic rings. The fourth-order valence-corrected chi connectivity index (χ4v) is 3.06. The summed E-state index contributed by atoms with van der Waals surface area (Å²) in [5.41, 5.74) is 0.229. The zero-order valence-electron chi connectivity index (χ0n) is 10.0. The summed E-state index contributed by atoms with van der Waals surface area (Å²) in [4.78, 5) is 35.6. The van der Waals surface area contributed by atoms with E-state index in [4.69, 9.17) is 28.3 Å². The maximum absolute atomic E-state index is 12.2. The number of nitrogens with zero attached hydrogens (tertiary/aromatic N) is 1. The Kier molecular flexibility index (Phi) is 4.57. The Balaban J connectivity index is 2.25. The summed E-state index contributed by atoms with van der Waals surface area (Å²) in [5, 5.41) is 8.29. The van der Waals surface area contributed by atoms with Gasteiger partial charge in [-0.15, -0.1) is 11.8 Å². The molecule has 2 amide bonds. The van der Waals surface area contributed by atoms with Gasteiger partial charge >= 0.3 is 5.97 Å². The van der Waals surface area contributed by atoms with Crippen LogP contribution in [0.2, 0.25) is 10.0 Å². The standard InChI is InChI=1S/C12H9Cl2NO4S/c13-6-2-1-3-7(11(6)14)15-9(16)4-8(12(15)19)20-5-10(17)18/h1-3,8H,4-5H2,(H,17,18)/t8-/m0/s1. The van der Waals surface area contributed by atoms with Crippen LogP contribution in [-0.2, 0) is 14.4 Å². The van der Waals surface area contributed by atoms with Gasteiger partial charge in [0.25, 0.3) is 0 Å². The first-order valence-electron chi connectivity index (χ1n) is 5.56. The van der Waals surface area contributed by atoms with E-state index in [0.717, 1.165) is 16.7 Å². The van der Waals surface area contributed by atoms with Crippen molar-refractivity contribution in [1.82, 2.24) is 0 Å². The number of hydrogen-bond acceptors (Lipinski definition) is 4. The summed E-state index contributed by atoms with van der Waals surface area (Å²) in [7, 11) is 0. The van der Waals surface area contributed by atoms with E-state index in [2.05, 4.69) is 0 Å². The van der Waals surface area contributed by atoms with E-state index in [0.29, 0.717) is 0 Å². The van der Waals surface area contributed by atoms with Gasteiger partial charge in [-0.2, -0.15) is 0 Å². The lowest BCUT2D eigenvalue weighted by molar-refractivity contribution is -0.134. The number of carbonyl (C=O) groups excluding carboxylic acids is 2. The fraction of sp³-hybridized carbons (Fsp3) is 0.250. The van der Waals surface area contributed by atoms with Gasteiger partial charge in [-0.3, -0.25) is 14.4 Å². The number of hydrogen-bond donors (Lipinski definition) is 1. The molecule has 1 aromatic carbocycles. The van der Waals surface area contributed by atoms with E-state index in [-0.39, 0.29) is 27.9 Å². The van der Waals surface area contributed by atoms with Crippen LogP contribution >= 0.6 is 35.0 Å². The van der Waals surface area contributed by atoms with Crippen molar-refractivity contribution in [3.05, 3.63) is 28.2 Å². The Bertz CT molecular complexity index is 593. The van der Waals surface area contributed by atoms with Crippen molar-refractivity contribution in [2.75, 3.05) is 10.7 Å². The molecular formula is C12H9Cl2NO4S. The van der Waals surface area contributed by atoms with Crippen molar-refractivity contribution >= 4 is 58.4 Å². The van der Waals surface area contributed by atoms with Gasteiger partial charge in [0.2, 0.25) is 11.8 Å². The van der Waals surface area contributed by atoms with Crippen molar-refractivity contribution in [3.63, 3.8) is 0 Å². The number of thioether (sulfide) groups is 1. The third-order valence-corrected chi connectivity index (χ3v) is 4.68. The molecule has 1 N–H and O–H groups in total. The van der Waals surface area contributed by atoms with Gasteiger partial charge in [0, 0.05) is 6.42 Å². The molecule has 0 spiro atoms. The molecule has 0 radical (unpaired) electrons. The predicted molar refractivity (Wildman–Crippen MR) is 77.5 cm³/mol. The van der Waals surface area contributed by atoms with Crippen LogP contribution in [0.5, 0.6) is 0 Å². The van der Waals surface area contributed by atoms with Gasteiger partial charge in [-0.05, 0) is 12.1 Å². The highest BCUT2D eigenvalue weighted by Gasteiger charge is 2.41. The normalized spacial score (nSPS) is 18.7. The highest BCUT2D eigenvalue weighted by atomic mass is 35.5. The molecule has 1 aliphatic heterocycles. The highest BCUT2D eigenvalue weighted by molar-refractivity contribution is 8.01. The summed E-state index contributed by atoms with van der Waals surface area (Å²) in [5.74, 6) is -2.15. The molecule has 1 fully saturated rings. The average molecular weight is 334 g/mol. The van der Waals surface area contributed by atoms with Crippen LogP contribution in [0.3, 0.4) is 0 Å². The zero-order chi connectivity index (χ0) is 14.9. The minimum absolute atomic E-state index is 0.0420. The molecule has 0 aliphatic carbocycles. The van der Waals surface area contributed by atoms with Gasteiger partial charge in [-0.1, -0.05) is 29.3 Å². The third-order valence-electron chi connectivity index (χ3n) is 2.69. The first-order valence-corrected chi connectivity index (χ1v) is 7.36. The van der Waals surface area contributed by atoms with E-state index in [1.165, 1.54) is 6.07 Å². The largest absolute Gasteiger partial charge is 0.481 e. The number of halogens is 2. The molecule has 1 aliphatic rings. The van der Waals surface area contributed by atoms with Gasteiger partial charge in [-0.25, -0.2) is 4.90 Å². The number of anilines is 1. The summed E-state index contributed by atoms with van der Waals surface area (Å²) in [6.07, 6.45) is -0.0420. The van der Waals surface area contributed by atoms with E-state index in [1.54, 1.807) is 12.1 Å². The molecule has 0 bridgehead atoms. The molecule has 2 rings (SSSR count). The van der Waals surface area contributed by atoms with Crippen LogP contribution < -0.4 is 4.90 Å². The number of rotatable bonds is 4. The lowest BCUT2D eigenvalue weighted by atomic mass is 10.3. The first-order chi connectivity index (χ1) is 9.41. The van der Waals surface area contributed by atoms with Crippen LogP contribution in [-0.4, -0.2) is 33.9 Å². The maximum atomic E-state index is 12.2. The Morgan fingerprint density at radius 1 is 1.40 bits per heavy atom. The Labute approximate surface area is 128 Å². The van der Waals surface area contributed by atoms with Crippen molar-refractivity contribution in [2.24, 2.45) is 0 Å². The number of carboxylic acid groups (broad SMARTS) is 1.